The molecule has 4 nitrogen and oxygen atoms in total. The summed E-state index contributed by atoms with van der Waals surface area (Å²) < 4.78 is 7.13. The monoisotopic (exact) mass is 197 g/mol. The first-order valence-electron chi connectivity index (χ1n) is 4.95. The first-order valence-corrected chi connectivity index (χ1v) is 4.95. The van der Waals surface area contributed by atoms with Gasteiger partial charge in [0.2, 0.25) is 0 Å². The molecular formula is C10H19N3O. The Morgan fingerprint density at radius 3 is 2.93 bits per heavy atom. The van der Waals surface area contributed by atoms with Crippen LogP contribution in [0.1, 0.15) is 19.0 Å². The van der Waals surface area contributed by atoms with Crippen molar-refractivity contribution in [2.75, 3.05) is 13.7 Å². The second-order valence-corrected chi connectivity index (χ2v) is 3.44. The number of ether oxygens (including phenoxy) is 1. The van der Waals surface area contributed by atoms with Crippen LogP contribution in [0.25, 0.3) is 0 Å². The standard InChI is InChI=1S/C10H19N3O/c1-4-9(7-14-3)12-6-10-5-11-8-13(10)2/h5,8-9,12H,4,6-7H2,1-3H3. The number of methoxy groups -OCH3 is 1. The summed E-state index contributed by atoms with van der Waals surface area (Å²) in [6.07, 6.45) is 4.77. The summed E-state index contributed by atoms with van der Waals surface area (Å²) in [5.41, 5.74) is 1.19. The van der Waals surface area contributed by atoms with Crippen molar-refractivity contribution in [1.29, 1.82) is 0 Å². The van der Waals surface area contributed by atoms with Crippen LogP contribution in [0, 0.1) is 0 Å². The van der Waals surface area contributed by atoms with Gasteiger partial charge in [-0.15, -0.1) is 0 Å². The normalized spacial score (nSPS) is 13.1. The number of hydrogen-bond acceptors (Lipinski definition) is 3. The molecule has 0 saturated heterocycles. The van der Waals surface area contributed by atoms with Gasteiger partial charge in [-0.3, -0.25) is 0 Å². The molecule has 0 spiro atoms. The Labute approximate surface area is 85.3 Å². The van der Waals surface area contributed by atoms with Gasteiger partial charge in [-0.2, -0.15) is 0 Å². The molecule has 0 aliphatic carbocycles. The number of hydrogen-bond donors (Lipinski definition) is 1. The van der Waals surface area contributed by atoms with E-state index in [0.29, 0.717) is 6.04 Å². The predicted octanol–water partition coefficient (Wildman–Crippen LogP) is 0.935. The van der Waals surface area contributed by atoms with Gasteiger partial charge in [-0.25, -0.2) is 4.98 Å². The van der Waals surface area contributed by atoms with Gasteiger partial charge in [0.15, 0.2) is 0 Å². The minimum atomic E-state index is 0.426. The van der Waals surface area contributed by atoms with E-state index in [0.717, 1.165) is 19.6 Å². The van der Waals surface area contributed by atoms with E-state index >= 15 is 0 Å². The van der Waals surface area contributed by atoms with Gasteiger partial charge in [0.05, 0.1) is 18.6 Å². The molecule has 0 bridgehead atoms. The highest BCUT2D eigenvalue weighted by Gasteiger charge is 2.05. The molecule has 1 heterocycles. The molecule has 0 saturated carbocycles. The van der Waals surface area contributed by atoms with E-state index in [9.17, 15) is 0 Å². The Balaban J connectivity index is 2.35. The molecule has 0 amide bonds. The van der Waals surface area contributed by atoms with Crippen molar-refractivity contribution in [2.24, 2.45) is 7.05 Å². The third-order valence-corrected chi connectivity index (χ3v) is 2.35. The molecule has 0 aromatic carbocycles. The van der Waals surface area contributed by atoms with Crippen LogP contribution in [0.15, 0.2) is 12.5 Å². The number of imidazole rings is 1. The lowest BCUT2D eigenvalue weighted by atomic mass is 10.2. The zero-order valence-electron chi connectivity index (χ0n) is 9.16. The van der Waals surface area contributed by atoms with Crippen molar-refractivity contribution >= 4 is 0 Å². The first kappa shape index (κ1) is 11.2. The van der Waals surface area contributed by atoms with E-state index in [1.54, 1.807) is 7.11 Å². The topological polar surface area (TPSA) is 39.1 Å². The van der Waals surface area contributed by atoms with Crippen LogP contribution in [0.4, 0.5) is 0 Å². The van der Waals surface area contributed by atoms with Gasteiger partial charge >= 0.3 is 0 Å². The summed E-state index contributed by atoms with van der Waals surface area (Å²) in [6.45, 7) is 3.76. The highest BCUT2D eigenvalue weighted by Crippen LogP contribution is 1.98. The summed E-state index contributed by atoms with van der Waals surface area (Å²) in [6, 6.07) is 0.426. The number of nitrogens with zero attached hydrogens (tertiary/aromatic N) is 2. The Bertz CT molecular complexity index is 260. The number of aryl methyl sites for hydroxylation is 1. The lowest BCUT2D eigenvalue weighted by molar-refractivity contribution is 0.163. The maximum Gasteiger partial charge on any atom is 0.0945 e. The predicted molar refractivity (Wildman–Crippen MR) is 56.0 cm³/mol. The van der Waals surface area contributed by atoms with Crippen LogP contribution < -0.4 is 5.32 Å². The maximum absolute atomic E-state index is 5.11. The molecule has 4 heteroatoms. The van der Waals surface area contributed by atoms with E-state index in [1.165, 1.54) is 5.69 Å². The van der Waals surface area contributed by atoms with Crippen molar-refractivity contribution in [3.8, 4) is 0 Å². The fourth-order valence-electron chi connectivity index (χ4n) is 1.33. The number of rotatable bonds is 6. The molecule has 1 rings (SSSR count). The average Bonchev–Trinajstić information content (AvgIpc) is 2.59. The first-order chi connectivity index (χ1) is 6.77. The summed E-state index contributed by atoms with van der Waals surface area (Å²) >= 11 is 0. The van der Waals surface area contributed by atoms with Crippen LogP contribution in [0.3, 0.4) is 0 Å². The summed E-state index contributed by atoms with van der Waals surface area (Å²) in [5, 5.41) is 3.43. The second-order valence-electron chi connectivity index (χ2n) is 3.44. The Morgan fingerprint density at radius 2 is 2.43 bits per heavy atom. The van der Waals surface area contributed by atoms with E-state index in [-0.39, 0.29) is 0 Å². The zero-order chi connectivity index (χ0) is 10.4. The summed E-state index contributed by atoms with van der Waals surface area (Å²) in [4.78, 5) is 4.06. The van der Waals surface area contributed by atoms with Crippen molar-refractivity contribution in [2.45, 2.75) is 25.9 Å². The molecule has 0 aliphatic rings. The Hall–Kier alpha value is -0.870. The average molecular weight is 197 g/mol. The Morgan fingerprint density at radius 1 is 1.64 bits per heavy atom. The van der Waals surface area contributed by atoms with Gasteiger partial charge in [-0.1, -0.05) is 6.92 Å². The van der Waals surface area contributed by atoms with Crippen molar-refractivity contribution in [3.05, 3.63) is 18.2 Å². The highest BCUT2D eigenvalue weighted by atomic mass is 16.5. The molecule has 1 aromatic rings. The molecule has 14 heavy (non-hydrogen) atoms. The van der Waals surface area contributed by atoms with E-state index < -0.39 is 0 Å². The minimum Gasteiger partial charge on any atom is -0.383 e. The fourth-order valence-corrected chi connectivity index (χ4v) is 1.33. The highest BCUT2D eigenvalue weighted by molar-refractivity contribution is 4.97. The molecule has 0 fully saturated rings. The van der Waals surface area contributed by atoms with Crippen LogP contribution >= 0.6 is 0 Å². The van der Waals surface area contributed by atoms with Crippen molar-refractivity contribution in [3.63, 3.8) is 0 Å². The van der Waals surface area contributed by atoms with E-state index in [2.05, 4.69) is 17.2 Å². The largest absolute Gasteiger partial charge is 0.383 e. The minimum absolute atomic E-state index is 0.426. The fraction of sp³-hybridized carbons (Fsp3) is 0.700. The lowest BCUT2D eigenvalue weighted by Gasteiger charge is -2.15. The molecule has 0 radical (unpaired) electrons. The van der Waals surface area contributed by atoms with E-state index in [4.69, 9.17) is 4.74 Å². The van der Waals surface area contributed by atoms with Crippen molar-refractivity contribution in [1.82, 2.24) is 14.9 Å². The van der Waals surface area contributed by atoms with E-state index in [1.807, 2.05) is 24.1 Å². The second kappa shape index (κ2) is 5.78. The van der Waals surface area contributed by atoms with Crippen LogP contribution in [0.5, 0.6) is 0 Å². The number of aromatic nitrogens is 2. The third-order valence-electron chi connectivity index (χ3n) is 2.35. The van der Waals surface area contributed by atoms with Gasteiger partial charge in [-0.05, 0) is 6.42 Å². The molecule has 1 aromatic heterocycles. The zero-order valence-corrected chi connectivity index (χ0v) is 9.16. The van der Waals surface area contributed by atoms with Gasteiger partial charge in [0, 0.05) is 32.9 Å². The summed E-state index contributed by atoms with van der Waals surface area (Å²) in [5.74, 6) is 0. The van der Waals surface area contributed by atoms with Crippen LogP contribution in [0.2, 0.25) is 0 Å². The van der Waals surface area contributed by atoms with Gasteiger partial charge in [0.25, 0.3) is 0 Å². The molecule has 80 valence electrons. The van der Waals surface area contributed by atoms with Gasteiger partial charge in [0.1, 0.15) is 0 Å². The quantitative estimate of drug-likeness (QED) is 0.737. The molecular weight excluding hydrogens is 178 g/mol. The molecule has 1 N–H and O–H groups in total. The third kappa shape index (κ3) is 3.12. The smallest absolute Gasteiger partial charge is 0.0945 e. The summed E-state index contributed by atoms with van der Waals surface area (Å²) in [7, 11) is 3.73. The maximum atomic E-state index is 5.11. The molecule has 0 aliphatic heterocycles. The molecule has 1 atom stereocenters. The number of nitrogens with one attached hydrogen (secondary N) is 1. The SMILES string of the molecule is CCC(COC)NCc1cncn1C. The van der Waals surface area contributed by atoms with Crippen LogP contribution in [-0.4, -0.2) is 29.3 Å². The lowest BCUT2D eigenvalue weighted by Crippen LogP contribution is -2.32. The van der Waals surface area contributed by atoms with Gasteiger partial charge < -0.3 is 14.6 Å². The molecule has 1 unspecified atom stereocenters. The van der Waals surface area contributed by atoms with Crippen LogP contribution in [-0.2, 0) is 18.3 Å². The Kier molecular flexibility index (Phi) is 4.62. The van der Waals surface area contributed by atoms with Crippen molar-refractivity contribution < 1.29 is 4.74 Å².